The number of hydrogen-bond donors (Lipinski definition) is 1. The third-order valence-electron chi connectivity index (χ3n) is 6.64. The molecule has 1 aliphatic rings. The minimum absolute atomic E-state index is 0.151. The maximum absolute atomic E-state index is 13.2. The van der Waals surface area contributed by atoms with E-state index < -0.39 is 6.10 Å². The number of aromatic nitrogens is 1. The molecule has 36 heavy (non-hydrogen) atoms. The van der Waals surface area contributed by atoms with Crippen LogP contribution in [-0.4, -0.2) is 34.2 Å². The molecule has 0 radical (unpaired) electrons. The predicted octanol–water partition coefficient (Wildman–Crippen LogP) is 5.70. The molecule has 0 aliphatic carbocycles. The maximum Gasteiger partial charge on any atom is 0.276 e. The fourth-order valence-electron chi connectivity index (χ4n) is 4.67. The Balaban J connectivity index is 1.44. The SMILES string of the molecule is CC(C)c1cc(C(=O)N2CCOc3ccc([C@@H](O)C(c4ccccc4)c4ccccc4)cc3C2)no1. The van der Waals surface area contributed by atoms with E-state index in [4.69, 9.17) is 9.26 Å². The van der Waals surface area contributed by atoms with Crippen LogP contribution in [0.3, 0.4) is 0 Å². The highest BCUT2D eigenvalue weighted by molar-refractivity contribution is 5.92. The number of amides is 1. The van der Waals surface area contributed by atoms with Crippen molar-refractivity contribution in [2.75, 3.05) is 13.2 Å². The van der Waals surface area contributed by atoms with Crippen LogP contribution in [0.2, 0.25) is 0 Å². The van der Waals surface area contributed by atoms with Gasteiger partial charge < -0.3 is 19.3 Å². The van der Waals surface area contributed by atoms with Crippen molar-refractivity contribution in [3.63, 3.8) is 0 Å². The van der Waals surface area contributed by atoms with E-state index in [1.165, 1.54) is 0 Å². The Kier molecular flexibility index (Phi) is 6.87. The molecular formula is C30H30N2O4. The molecule has 184 valence electrons. The monoisotopic (exact) mass is 482 g/mol. The quantitative estimate of drug-likeness (QED) is 0.382. The zero-order valence-corrected chi connectivity index (χ0v) is 20.5. The lowest BCUT2D eigenvalue weighted by molar-refractivity contribution is 0.0722. The summed E-state index contributed by atoms with van der Waals surface area (Å²) in [5, 5.41) is 15.6. The third-order valence-corrected chi connectivity index (χ3v) is 6.64. The molecule has 0 fully saturated rings. The van der Waals surface area contributed by atoms with Gasteiger partial charge in [-0.2, -0.15) is 0 Å². The smallest absolute Gasteiger partial charge is 0.276 e. The number of benzene rings is 3. The first-order chi connectivity index (χ1) is 17.5. The van der Waals surface area contributed by atoms with Gasteiger partial charge in [0.05, 0.1) is 12.6 Å². The standard InChI is InChI=1S/C30H30N2O4/c1-20(2)27-18-25(31-36-27)30(34)32-15-16-35-26-14-13-23(17-24(26)19-32)29(33)28(21-9-5-3-6-10-21)22-11-7-4-8-12-22/h3-14,17-18,20,28-29,33H,15-16,19H2,1-2H3/t29-/m1/s1. The van der Waals surface area contributed by atoms with Crippen LogP contribution in [0.4, 0.5) is 0 Å². The fraction of sp³-hybridized carbons (Fsp3) is 0.267. The second-order valence-electron chi connectivity index (χ2n) is 9.46. The molecule has 4 aromatic rings. The maximum atomic E-state index is 13.2. The lowest BCUT2D eigenvalue weighted by Crippen LogP contribution is -2.32. The molecule has 0 saturated carbocycles. The van der Waals surface area contributed by atoms with Gasteiger partial charge in [0.2, 0.25) is 0 Å². The summed E-state index contributed by atoms with van der Waals surface area (Å²) in [6.07, 6.45) is -0.781. The Hall–Kier alpha value is -3.90. The van der Waals surface area contributed by atoms with Crippen LogP contribution in [0.25, 0.3) is 0 Å². The van der Waals surface area contributed by atoms with Crippen molar-refractivity contribution < 1.29 is 19.2 Å². The average Bonchev–Trinajstić information content (AvgIpc) is 3.31. The van der Waals surface area contributed by atoms with E-state index in [0.717, 1.165) is 28.0 Å². The first-order valence-electron chi connectivity index (χ1n) is 12.3. The molecule has 6 heteroatoms. The topological polar surface area (TPSA) is 75.8 Å². The second kappa shape index (κ2) is 10.4. The van der Waals surface area contributed by atoms with Gasteiger partial charge in [0.15, 0.2) is 5.69 Å². The first-order valence-corrected chi connectivity index (χ1v) is 12.3. The summed E-state index contributed by atoms with van der Waals surface area (Å²) in [5.41, 5.74) is 3.99. The Morgan fingerprint density at radius 2 is 1.58 bits per heavy atom. The van der Waals surface area contributed by atoms with E-state index in [9.17, 15) is 9.90 Å². The zero-order valence-electron chi connectivity index (χ0n) is 20.5. The lowest BCUT2D eigenvalue weighted by Gasteiger charge is -2.25. The van der Waals surface area contributed by atoms with Crippen molar-refractivity contribution >= 4 is 5.91 Å². The molecule has 1 atom stereocenters. The summed E-state index contributed by atoms with van der Waals surface area (Å²) in [6.45, 7) is 5.17. The summed E-state index contributed by atoms with van der Waals surface area (Å²) in [5.74, 6) is 1.13. The lowest BCUT2D eigenvalue weighted by atomic mass is 9.83. The largest absolute Gasteiger partial charge is 0.491 e. The van der Waals surface area contributed by atoms with E-state index in [-0.39, 0.29) is 17.7 Å². The summed E-state index contributed by atoms with van der Waals surface area (Å²) in [7, 11) is 0. The van der Waals surface area contributed by atoms with Crippen LogP contribution >= 0.6 is 0 Å². The molecule has 1 amide bonds. The predicted molar refractivity (Wildman–Crippen MR) is 137 cm³/mol. The second-order valence-corrected chi connectivity index (χ2v) is 9.46. The van der Waals surface area contributed by atoms with Gasteiger partial charge in [0.1, 0.15) is 18.1 Å². The molecular weight excluding hydrogens is 452 g/mol. The highest BCUT2D eigenvalue weighted by Crippen LogP contribution is 2.38. The summed E-state index contributed by atoms with van der Waals surface area (Å²) in [6, 6.07) is 27.5. The van der Waals surface area contributed by atoms with E-state index in [1.54, 1.807) is 11.0 Å². The molecule has 0 unspecified atom stereocenters. The Bertz CT molecular complexity index is 1280. The van der Waals surface area contributed by atoms with Crippen molar-refractivity contribution in [3.8, 4) is 5.75 Å². The minimum Gasteiger partial charge on any atom is -0.491 e. The van der Waals surface area contributed by atoms with Gasteiger partial charge in [0.25, 0.3) is 5.91 Å². The molecule has 0 spiro atoms. The highest BCUT2D eigenvalue weighted by Gasteiger charge is 2.28. The first kappa shape index (κ1) is 23.8. The van der Waals surface area contributed by atoms with Crippen LogP contribution in [0.1, 0.15) is 70.3 Å². The van der Waals surface area contributed by atoms with Crippen molar-refractivity contribution in [1.29, 1.82) is 0 Å². The summed E-state index contributed by atoms with van der Waals surface area (Å²) >= 11 is 0. The molecule has 5 rings (SSSR count). The van der Waals surface area contributed by atoms with Crippen molar-refractivity contribution in [3.05, 3.63) is 119 Å². The Morgan fingerprint density at radius 1 is 0.917 bits per heavy atom. The Morgan fingerprint density at radius 3 is 2.19 bits per heavy atom. The molecule has 1 aromatic heterocycles. The van der Waals surface area contributed by atoms with Gasteiger partial charge in [-0.3, -0.25) is 4.79 Å². The van der Waals surface area contributed by atoms with Crippen LogP contribution in [0.15, 0.2) is 89.5 Å². The van der Waals surface area contributed by atoms with Crippen molar-refractivity contribution in [2.45, 2.75) is 38.3 Å². The van der Waals surface area contributed by atoms with E-state index in [1.807, 2.05) is 92.7 Å². The van der Waals surface area contributed by atoms with Gasteiger partial charge in [0, 0.05) is 30.0 Å². The Labute approximate surface area is 211 Å². The van der Waals surface area contributed by atoms with Gasteiger partial charge in [-0.05, 0) is 28.8 Å². The molecule has 1 aliphatic heterocycles. The number of ether oxygens (including phenoxy) is 1. The van der Waals surface area contributed by atoms with Crippen LogP contribution in [-0.2, 0) is 6.54 Å². The van der Waals surface area contributed by atoms with Gasteiger partial charge in [-0.1, -0.05) is 85.7 Å². The molecule has 6 nitrogen and oxygen atoms in total. The zero-order chi connectivity index (χ0) is 25.1. The van der Waals surface area contributed by atoms with E-state index >= 15 is 0 Å². The normalized spacial score (nSPS) is 14.3. The fourth-order valence-corrected chi connectivity index (χ4v) is 4.67. The third kappa shape index (κ3) is 4.90. The number of aliphatic hydroxyl groups is 1. The molecule has 2 heterocycles. The number of aliphatic hydroxyl groups excluding tert-OH is 1. The molecule has 0 saturated heterocycles. The van der Waals surface area contributed by atoms with Gasteiger partial charge in [-0.25, -0.2) is 0 Å². The van der Waals surface area contributed by atoms with E-state index in [2.05, 4.69) is 5.16 Å². The summed E-state index contributed by atoms with van der Waals surface area (Å²) < 4.78 is 11.3. The van der Waals surface area contributed by atoms with E-state index in [0.29, 0.717) is 31.2 Å². The molecule has 0 bridgehead atoms. The molecule has 3 aromatic carbocycles. The van der Waals surface area contributed by atoms with Crippen LogP contribution in [0.5, 0.6) is 5.75 Å². The summed E-state index contributed by atoms with van der Waals surface area (Å²) in [4.78, 5) is 14.9. The van der Waals surface area contributed by atoms with Gasteiger partial charge >= 0.3 is 0 Å². The van der Waals surface area contributed by atoms with Crippen LogP contribution in [0, 0.1) is 0 Å². The average molecular weight is 483 g/mol. The highest BCUT2D eigenvalue weighted by atomic mass is 16.5. The number of carbonyl (C=O) groups excluding carboxylic acids is 1. The number of hydrogen-bond acceptors (Lipinski definition) is 5. The molecule has 1 N–H and O–H groups in total. The number of rotatable bonds is 6. The number of fused-ring (bicyclic) bond motifs is 1. The number of carbonyl (C=O) groups is 1. The minimum atomic E-state index is -0.781. The number of nitrogens with zero attached hydrogens (tertiary/aromatic N) is 2. The van der Waals surface area contributed by atoms with Crippen molar-refractivity contribution in [1.82, 2.24) is 10.1 Å². The van der Waals surface area contributed by atoms with Gasteiger partial charge in [-0.15, -0.1) is 0 Å². The van der Waals surface area contributed by atoms with Crippen molar-refractivity contribution in [2.24, 2.45) is 0 Å². The van der Waals surface area contributed by atoms with Crippen LogP contribution < -0.4 is 4.74 Å².